The highest BCUT2D eigenvalue weighted by Gasteiger charge is 2.49. The standard InChI is InChI=1S/C25H37FN4O3/c1-24(2,3)33-23(32)30-11-8-25(9-12-30)18-20(27-22(25)31)7-10-28-13-15-29(16-14-28)21-6-4-5-19(26)17-21/h4-6,17,20H,7-16,18H2,1-3H3,(H,27,31)/t20-/m0/s1. The summed E-state index contributed by atoms with van der Waals surface area (Å²) in [5, 5.41) is 3.22. The number of carbonyl (C=O) groups is 2. The SMILES string of the molecule is CC(C)(C)OC(=O)N1CCC2(CC1)C[C@H](CCN1CCN(c3cccc(F)c3)CC1)NC2=O. The van der Waals surface area contributed by atoms with Gasteiger partial charge in [-0.1, -0.05) is 6.07 Å². The van der Waals surface area contributed by atoms with Gasteiger partial charge in [0.15, 0.2) is 0 Å². The number of nitrogens with one attached hydrogen (secondary N) is 1. The number of hydrogen-bond acceptors (Lipinski definition) is 5. The number of rotatable bonds is 4. The van der Waals surface area contributed by atoms with E-state index in [0.717, 1.165) is 51.3 Å². The predicted octanol–water partition coefficient (Wildman–Crippen LogP) is 3.24. The van der Waals surface area contributed by atoms with Crippen LogP contribution in [0.2, 0.25) is 0 Å². The van der Waals surface area contributed by atoms with E-state index in [1.807, 2.05) is 26.8 Å². The molecule has 1 spiro atoms. The maximum atomic E-state index is 13.5. The highest BCUT2D eigenvalue weighted by Crippen LogP contribution is 2.41. The second kappa shape index (κ2) is 9.49. The van der Waals surface area contributed by atoms with Crippen molar-refractivity contribution in [2.75, 3.05) is 50.7 Å². The van der Waals surface area contributed by atoms with Crippen LogP contribution in [0.25, 0.3) is 0 Å². The van der Waals surface area contributed by atoms with E-state index >= 15 is 0 Å². The lowest BCUT2D eigenvalue weighted by Crippen LogP contribution is -2.47. The number of piperazine rings is 1. The van der Waals surface area contributed by atoms with E-state index in [4.69, 9.17) is 4.74 Å². The number of anilines is 1. The van der Waals surface area contributed by atoms with Crippen LogP contribution in [0.3, 0.4) is 0 Å². The zero-order valence-corrected chi connectivity index (χ0v) is 20.1. The zero-order chi connectivity index (χ0) is 23.6. The van der Waals surface area contributed by atoms with Gasteiger partial charge in [0.2, 0.25) is 5.91 Å². The molecule has 0 unspecified atom stereocenters. The first kappa shape index (κ1) is 23.8. The van der Waals surface area contributed by atoms with Gasteiger partial charge in [0.25, 0.3) is 0 Å². The first-order chi connectivity index (χ1) is 15.6. The summed E-state index contributed by atoms with van der Waals surface area (Å²) in [6.45, 7) is 11.3. The van der Waals surface area contributed by atoms with Crippen LogP contribution >= 0.6 is 0 Å². The topological polar surface area (TPSA) is 65.1 Å². The summed E-state index contributed by atoms with van der Waals surface area (Å²) < 4.78 is 19.0. The van der Waals surface area contributed by atoms with Gasteiger partial charge in [-0.25, -0.2) is 9.18 Å². The van der Waals surface area contributed by atoms with Crippen LogP contribution in [-0.4, -0.2) is 79.3 Å². The molecule has 3 saturated heterocycles. The van der Waals surface area contributed by atoms with Gasteiger partial charge in [0, 0.05) is 57.5 Å². The Kier molecular flexibility index (Phi) is 6.84. The van der Waals surface area contributed by atoms with Gasteiger partial charge in [0.1, 0.15) is 11.4 Å². The molecule has 2 amide bonds. The molecule has 3 aliphatic heterocycles. The molecule has 0 saturated carbocycles. The number of amides is 2. The van der Waals surface area contributed by atoms with Crippen molar-refractivity contribution in [1.82, 2.24) is 15.1 Å². The first-order valence-electron chi connectivity index (χ1n) is 12.2. The normalized spacial score (nSPS) is 23.6. The lowest BCUT2D eigenvalue weighted by molar-refractivity contribution is -0.130. The molecule has 7 nitrogen and oxygen atoms in total. The number of halogens is 1. The Morgan fingerprint density at radius 1 is 1.15 bits per heavy atom. The Hall–Kier alpha value is -2.35. The maximum Gasteiger partial charge on any atom is 0.410 e. The molecule has 0 aliphatic carbocycles. The fourth-order valence-electron chi connectivity index (χ4n) is 5.24. The average molecular weight is 461 g/mol. The smallest absolute Gasteiger partial charge is 0.410 e. The van der Waals surface area contributed by atoms with Crippen LogP contribution in [0, 0.1) is 11.2 Å². The monoisotopic (exact) mass is 460 g/mol. The van der Waals surface area contributed by atoms with Crippen LogP contribution in [0.1, 0.15) is 46.5 Å². The molecule has 1 aromatic rings. The number of hydrogen-bond donors (Lipinski definition) is 1. The van der Waals surface area contributed by atoms with Crippen LogP contribution in [0.5, 0.6) is 0 Å². The van der Waals surface area contributed by atoms with Crippen LogP contribution in [0.4, 0.5) is 14.9 Å². The lowest BCUT2D eigenvalue weighted by Gasteiger charge is -2.38. The minimum Gasteiger partial charge on any atom is -0.444 e. The molecular weight excluding hydrogens is 423 g/mol. The largest absolute Gasteiger partial charge is 0.444 e. The van der Waals surface area contributed by atoms with Gasteiger partial charge in [-0.05, 0) is 64.7 Å². The predicted molar refractivity (Wildman–Crippen MR) is 126 cm³/mol. The van der Waals surface area contributed by atoms with Gasteiger partial charge >= 0.3 is 6.09 Å². The van der Waals surface area contributed by atoms with E-state index in [1.165, 1.54) is 6.07 Å². The summed E-state index contributed by atoms with van der Waals surface area (Å²) in [6, 6.07) is 6.97. The third kappa shape index (κ3) is 5.78. The molecule has 182 valence electrons. The van der Waals surface area contributed by atoms with E-state index in [-0.39, 0.29) is 29.3 Å². The quantitative estimate of drug-likeness (QED) is 0.747. The fraction of sp³-hybridized carbons (Fsp3) is 0.680. The summed E-state index contributed by atoms with van der Waals surface area (Å²) in [4.78, 5) is 31.6. The zero-order valence-electron chi connectivity index (χ0n) is 20.1. The lowest BCUT2D eigenvalue weighted by atomic mass is 9.76. The third-order valence-corrected chi connectivity index (χ3v) is 7.17. The van der Waals surface area contributed by atoms with Crippen molar-refractivity contribution in [2.24, 2.45) is 5.41 Å². The number of carbonyl (C=O) groups excluding carboxylic acids is 2. The molecule has 0 radical (unpaired) electrons. The van der Waals surface area contributed by atoms with Gasteiger partial charge in [-0.15, -0.1) is 0 Å². The molecule has 33 heavy (non-hydrogen) atoms. The minimum atomic E-state index is -0.509. The van der Waals surface area contributed by atoms with Gasteiger partial charge < -0.3 is 19.9 Å². The number of piperidine rings is 1. The highest BCUT2D eigenvalue weighted by molar-refractivity contribution is 5.85. The molecule has 3 fully saturated rings. The second-order valence-corrected chi connectivity index (χ2v) is 10.7. The average Bonchev–Trinajstić information content (AvgIpc) is 3.06. The fourth-order valence-corrected chi connectivity index (χ4v) is 5.24. The molecule has 0 bridgehead atoms. The van der Waals surface area contributed by atoms with E-state index < -0.39 is 5.60 Å². The molecule has 1 aromatic carbocycles. The molecule has 8 heteroatoms. The maximum absolute atomic E-state index is 13.5. The third-order valence-electron chi connectivity index (χ3n) is 7.17. The van der Waals surface area contributed by atoms with Gasteiger partial charge in [-0.2, -0.15) is 0 Å². The number of nitrogens with zero attached hydrogens (tertiary/aromatic N) is 3. The first-order valence-corrected chi connectivity index (χ1v) is 12.2. The van der Waals surface area contributed by atoms with Crippen LogP contribution < -0.4 is 10.2 Å². The van der Waals surface area contributed by atoms with Crippen molar-refractivity contribution in [3.8, 4) is 0 Å². The van der Waals surface area contributed by atoms with E-state index in [1.54, 1.807) is 17.0 Å². The molecule has 1 N–H and O–H groups in total. The molecule has 3 aliphatic rings. The van der Waals surface area contributed by atoms with Crippen molar-refractivity contribution in [3.63, 3.8) is 0 Å². The summed E-state index contributed by atoms with van der Waals surface area (Å²) in [5.74, 6) is -0.0509. The van der Waals surface area contributed by atoms with E-state index in [0.29, 0.717) is 25.9 Å². The second-order valence-electron chi connectivity index (χ2n) is 10.7. The molecule has 0 aromatic heterocycles. The molecule has 3 heterocycles. The Morgan fingerprint density at radius 3 is 2.48 bits per heavy atom. The van der Waals surface area contributed by atoms with Crippen molar-refractivity contribution in [3.05, 3.63) is 30.1 Å². The number of ether oxygens (including phenoxy) is 1. The van der Waals surface area contributed by atoms with Crippen LogP contribution in [0.15, 0.2) is 24.3 Å². The number of likely N-dealkylation sites (tertiary alicyclic amines) is 1. The van der Waals surface area contributed by atoms with E-state index in [2.05, 4.69) is 15.1 Å². The highest BCUT2D eigenvalue weighted by atomic mass is 19.1. The van der Waals surface area contributed by atoms with Gasteiger partial charge in [-0.3, -0.25) is 9.69 Å². The van der Waals surface area contributed by atoms with Crippen molar-refractivity contribution in [1.29, 1.82) is 0 Å². The summed E-state index contributed by atoms with van der Waals surface area (Å²) in [7, 11) is 0. The molecule has 1 atom stereocenters. The van der Waals surface area contributed by atoms with Crippen molar-refractivity contribution >= 4 is 17.7 Å². The van der Waals surface area contributed by atoms with Gasteiger partial charge in [0.05, 0.1) is 5.41 Å². The van der Waals surface area contributed by atoms with E-state index in [9.17, 15) is 14.0 Å². The summed E-state index contributed by atoms with van der Waals surface area (Å²) in [5.41, 5.74) is 0.0849. The van der Waals surface area contributed by atoms with Crippen LogP contribution in [-0.2, 0) is 9.53 Å². The Balaban J connectivity index is 1.21. The van der Waals surface area contributed by atoms with Crippen molar-refractivity contribution in [2.45, 2.75) is 58.1 Å². The Bertz CT molecular complexity index is 855. The molecular formula is C25H37FN4O3. The Labute approximate surface area is 196 Å². The van der Waals surface area contributed by atoms with Crippen molar-refractivity contribution < 1.29 is 18.7 Å². The number of benzene rings is 1. The Morgan fingerprint density at radius 2 is 1.85 bits per heavy atom. The summed E-state index contributed by atoms with van der Waals surface area (Å²) >= 11 is 0. The minimum absolute atomic E-state index is 0.146. The molecule has 4 rings (SSSR count). The summed E-state index contributed by atoms with van der Waals surface area (Å²) in [6.07, 6.45) is 2.88.